The highest BCUT2D eigenvalue weighted by molar-refractivity contribution is 4.83. The zero-order chi connectivity index (χ0) is 11.8. The first-order valence-corrected chi connectivity index (χ1v) is 4.63. The second kappa shape index (κ2) is 7.98. The molecule has 4 atom stereocenters. The van der Waals surface area contributed by atoms with Gasteiger partial charge in [0.05, 0.1) is 13.2 Å². The summed E-state index contributed by atoms with van der Waals surface area (Å²) >= 11 is 0. The average molecular weight is 224 g/mol. The third kappa shape index (κ3) is 4.42. The number of aliphatic hydroxyl groups is 3. The lowest BCUT2D eigenvalue weighted by atomic mass is 10.0. The van der Waals surface area contributed by atoms with Crippen LogP contribution < -0.4 is 0 Å². The summed E-state index contributed by atoms with van der Waals surface area (Å²) in [5.41, 5.74) is 0. The van der Waals surface area contributed by atoms with Gasteiger partial charge in [-0.1, -0.05) is 0 Å². The molecule has 3 N–H and O–H groups in total. The fourth-order valence-electron chi connectivity index (χ4n) is 1.39. The lowest BCUT2D eigenvalue weighted by Crippen LogP contribution is -2.49. The van der Waals surface area contributed by atoms with Gasteiger partial charge in [0, 0.05) is 21.3 Å². The Morgan fingerprint density at radius 2 is 1.40 bits per heavy atom. The lowest BCUT2D eigenvalue weighted by Gasteiger charge is -2.30. The molecule has 0 aliphatic heterocycles. The first kappa shape index (κ1) is 14.8. The molecule has 0 radical (unpaired) electrons. The SMILES string of the molecule is COC[C@@H](O)[C@@H](OC)[C@H](OC)[C@H](O)CO. The Hall–Kier alpha value is -0.240. The standard InChI is InChI=1S/C9H20O6/c1-13-5-7(12)9(15-3)8(14-2)6(11)4-10/h6-12H,4-5H2,1-3H3/t6-,7-,8-,9-/m1/s1. The maximum atomic E-state index is 9.63. The first-order valence-electron chi connectivity index (χ1n) is 4.63. The minimum absolute atomic E-state index is 0.0660. The molecule has 6 heteroatoms. The van der Waals surface area contributed by atoms with Crippen molar-refractivity contribution in [2.45, 2.75) is 24.4 Å². The highest BCUT2D eigenvalue weighted by Crippen LogP contribution is 2.12. The van der Waals surface area contributed by atoms with E-state index in [0.717, 1.165) is 0 Å². The van der Waals surface area contributed by atoms with Crippen molar-refractivity contribution in [2.75, 3.05) is 34.5 Å². The van der Waals surface area contributed by atoms with E-state index in [1.165, 1.54) is 21.3 Å². The van der Waals surface area contributed by atoms with E-state index in [0.29, 0.717) is 0 Å². The van der Waals surface area contributed by atoms with Crippen molar-refractivity contribution in [2.24, 2.45) is 0 Å². The molecule has 0 saturated heterocycles. The van der Waals surface area contributed by atoms with E-state index >= 15 is 0 Å². The van der Waals surface area contributed by atoms with Crippen LogP contribution in [0.3, 0.4) is 0 Å². The number of ether oxygens (including phenoxy) is 3. The molecule has 0 rings (SSSR count). The number of aliphatic hydroxyl groups excluding tert-OH is 3. The van der Waals surface area contributed by atoms with Crippen LogP contribution in [0.15, 0.2) is 0 Å². The first-order chi connectivity index (χ1) is 7.12. The third-order valence-corrected chi connectivity index (χ3v) is 2.15. The molecule has 0 fully saturated rings. The fraction of sp³-hybridized carbons (Fsp3) is 1.00. The molecule has 0 aromatic heterocycles. The van der Waals surface area contributed by atoms with Crippen molar-refractivity contribution in [1.82, 2.24) is 0 Å². The molecule has 0 aromatic rings. The topological polar surface area (TPSA) is 88.4 Å². The average Bonchev–Trinajstić information content (AvgIpc) is 2.24. The summed E-state index contributed by atoms with van der Waals surface area (Å²) in [4.78, 5) is 0. The lowest BCUT2D eigenvalue weighted by molar-refractivity contribution is -0.151. The van der Waals surface area contributed by atoms with Crippen LogP contribution in [0.2, 0.25) is 0 Å². The van der Waals surface area contributed by atoms with E-state index in [1.807, 2.05) is 0 Å². The Bertz CT molecular complexity index is 154. The van der Waals surface area contributed by atoms with Crippen LogP contribution in [-0.4, -0.2) is 74.3 Å². The van der Waals surface area contributed by atoms with Crippen molar-refractivity contribution in [1.29, 1.82) is 0 Å². The number of rotatable bonds is 8. The van der Waals surface area contributed by atoms with E-state index < -0.39 is 31.0 Å². The Morgan fingerprint density at radius 1 is 0.933 bits per heavy atom. The molecule has 0 bridgehead atoms. The summed E-state index contributed by atoms with van der Waals surface area (Å²) in [7, 11) is 4.20. The summed E-state index contributed by atoms with van der Waals surface area (Å²) in [6.07, 6.45) is -3.58. The van der Waals surface area contributed by atoms with Gasteiger partial charge in [0.2, 0.25) is 0 Å². The van der Waals surface area contributed by atoms with E-state index in [-0.39, 0.29) is 6.61 Å². The van der Waals surface area contributed by atoms with Gasteiger partial charge < -0.3 is 29.5 Å². The Morgan fingerprint density at radius 3 is 1.73 bits per heavy atom. The second-order valence-electron chi connectivity index (χ2n) is 3.17. The molecule has 92 valence electrons. The molecule has 6 nitrogen and oxygen atoms in total. The number of hydrogen-bond acceptors (Lipinski definition) is 6. The highest BCUT2D eigenvalue weighted by atomic mass is 16.6. The van der Waals surface area contributed by atoms with Gasteiger partial charge in [-0.05, 0) is 0 Å². The molecule has 0 saturated carbocycles. The molecule has 0 aliphatic rings. The van der Waals surface area contributed by atoms with Crippen LogP contribution in [0.4, 0.5) is 0 Å². The van der Waals surface area contributed by atoms with Gasteiger partial charge in [0.15, 0.2) is 0 Å². The van der Waals surface area contributed by atoms with Crippen molar-refractivity contribution < 1.29 is 29.5 Å². The van der Waals surface area contributed by atoms with Crippen molar-refractivity contribution in [3.8, 4) is 0 Å². The summed E-state index contributed by atoms with van der Waals surface area (Å²) in [5.74, 6) is 0. The van der Waals surface area contributed by atoms with Gasteiger partial charge in [0.1, 0.15) is 24.4 Å². The Balaban J connectivity index is 4.44. The predicted molar refractivity (Wildman–Crippen MR) is 52.6 cm³/mol. The maximum Gasteiger partial charge on any atom is 0.114 e. The molecule has 0 spiro atoms. The van der Waals surface area contributed by atoms with Crippen LogP contribution in [0.5, 0.6) is 0 Å². The minimum atomic E-state index is -1.11. The minimum Gasteiger partial charge on any atom is -0.394 e. The third-order valence-electron chi connectivity index (χ3n) is 2.15. The summed E-state index contributed by atoms with van der Waals surface area (Å²) in [6, 6.07) is 0. The van der Waals surface area contributed by atoms with Gasteiger partial charge in [-0.15, -0.1) is 0 Å². The summed E-state index contributed by atoms with van der Waals surface area (Å²) in [5, 5.41) is 27.9. The highest BCUT2D eigenvalue weighted by Gasteiger charge is 2.33. The van der Waals surface area contributed by atoms with Crippen molar-refractivity contribution in [3.63, 3.8) is 0 Å². The van der Waals surface area contributed by atoms with Gasteiger partial charge in [-0.2, -0.15) is 0 Å². The monoisotopic (exact) mass is 224 g/mol. The van der Waals surface area contributed by atoms with Crippen LogP contribution >= 0.6 is 0 Å². The fourth-order valence-corrected chi connectivity index (χ4v) is 1.39. The van der Waals surface area contributed by atoms with Gasteiger partial charge >= 0.3 is 0 Å². The van der Waals surface area contributed by atoms with Crippen molar-refractivity contribution in [3.05, 3.63) is 0 Å². The van der Waals surface area contributed by atoms with E-state index in [2.05, 4.69) is 0 Å². The number of methoxy groups -OCH3 is 3. The molecular formula is C9H20O6. The molecule has 0 amide bonds. The second-order valence-corrected chi connectivity index (χ2v) is 3.17. The molecule has 15 heavy (non-hydrogen) atoms. The van der Waals surface area contributed by atoms with E-state index in [9.17, 15) is 10.2 Å². The maximum absolute atomic E-state index is 9.63. The largest absolute Gasteiger partial charge is 0.394 e. The zero-order valence-electron chi connectivity index (χ0n) is 9.29. The Labute approximate surface area is 89.4 Å². The number of hydrogen-bond donors (Lipinski definition) is 3. The molecule has 0 heterocycles. The quantitative estimate of drug-likeness (QED) is 0.459. The van der Waals surface area contributed by atoms with Gasteiger partial charge in [-0.25, -0.2) is 0 Å². The van der Waals surface area contributed by atoms with Gasteiger partial charge in [0.25, 0.3) is 0 Å². The van der Waals surface area contributed by atoms with E-state index in [1.54, 1.807) is 0 Å². The molecule has 0 aliphatic carbocycles. The summed E-state index contributed by atoms with van der Waals surface area (Å²) in [6.45, 7) is -0.394. The van der Waals surface area contributed by atoms with Gasteiger partial charge in [-0.3, -0.25) is 0 Å². The van der Waals surface area contributed by atoms with Crippen molar-refractivity contribution >= 4 is 0 Å². The van der Waals surface area contributed by atoms with E-state index in [4.69, 9.17) is 19.3 Å². The predicted octanol–water partition coefficient (Wildman–Crippen LogP) is -1.62. The van der Waals surface area contributed by atoms with Crippen LogP contribution in [0, 0.1) is 0 Å². The Kier molecular flexibility index (Phi) is 7.85. The molecular weight excluding hydrogens is 204 g/mol. The van der Waals surface area contributed by atoms with Crippen LogP contribution in [-0.2, 0) is 14.2 Å². The molecule has 0 unspecified atom stereocenters. The smallest absolute Gasteiger partial charge is 0.114 e. The zero-order valence-corrected chi connectivity index (χ0v) is 9.29. The summed E-state index contributed by atoms with van der Waals surface area (Å²) < 4.78 is 14.8. The normalized spacial score (nSPS) is 19.6. The van der Waals surface area contributed by atoms with Crippen LogP contribution in [0.25, 0.3) is 0 Å². The molecule has 0 aromatic carbocycles. The van der Waals surface area contributed by atoms with Crippen LogP contribution in [0.1, 0.15) is 0 Å².